The van der Waals surface area contributed by atoms with Crippen molar-refractivity contribution in [2.75, 3.05) is 7.11 Å². The molecular weight excluding hydrogens is 483 g/mol. The van der Waals surface area contributed by atoms with Gasteiger partial charge < -0.3 is 9.16 Å². The molecule has 0 aliphatic carbocycles. The van der Waals surface area contributed by atoms with Crippen LogP contribution in [0.5, 0.6) is 5.75 Å². The van der Waals surface area contributed by atoms with E-state index in [4.69, 9.17) is 14.1 Å². The summed E-state index contributed by atoms with van der Waals surface area (Å²) in [7, 11) is -0.220. The molecule has 0 aliphatic rings. The van der Waals surface area contributed by atoms with Gasteiger partial charge in [-0.05, 0) is 66.9 Å². The molecule has 0 spiro atoms. The minimum absolute atomic E-state index is 0.611. The van der Waals surface area contributed by atoms with E-state index in [1.165, 1.54) is 0 Å². The fraction of sp³-hybridized carbons (Fsp3) is 0.350. The van der Waals surface area contributed by atoms with Gasteiger partial charge in [-0.15, -0.1) is 0 Å². The second kappa shape index (κ2) is 8.19. The quantitative estimate of drug-likeness (QED) is 0.354. The predicted molar refractivity (Wildman–Crippen MR) is 120 cm³/mol. The predicted octanol–water partition coefficient (Wildman–Crippen LogP) is 4.82. The van der Waals surface area contributed by atoms with Crippen molar-refractivity contribution in [2.24, 2.45) is 0 Å². The molecule has 6 nitrogen and oxygen atoms in total. The Labute approximate surface area is 179 Å². The van der Waals surface area contributed by atoms with E-state index < -0.39 is 14.4 Å². The van der Waals surface area contributed by atoms with Crippen molar-refractivity contribution in [1.82, 2.24) is 14.8 Å². The Morgan fingerprint density at radius 3 is 2.50 bits per heavy atom. The fourth-order valence-corrected chi connectivity index (χ4v) is 4.93. The van der Waals surface area contributed by atoms with Crippen molar-refractivity contribution in [3.63, 3.8) is 0 Å². The second-order valence-corrected chi connectivity index (χ2v) is 13.1. The van der Waals surface area contributed by atoms with E-state index in [1.54, 1.807) is 7.11 Å². The molecule has 8 heteroatoms. The van der Waals surface area contributed by atoms with Crippen molar-refractivity contribution >= 4 is 41.9 Å². The molecule has 0 aliphatic heterocycles. The van der Waals surface area contributed by atoms with E-state index >= 15 is 0 Å². The molecule has 2 heterocycles. The van der Waals surface area contributed by atoms with E-state index in [-0.39, 0.29) is 0 Å². The smallest absolute Gasteiger partial charge is 0.186 e. The highest BCUT2D eigenvalue weighted by Gasteiger charge is 2.27. The summed E-state index contributed by atoms with van der Waals surface area (Å²) in [4.78, 5) is 4.78. The summed E-state index contributed by atoms with van der Waals surface area (Å²) in [6.07, 6.45) is 1.21. The summed E-state index contributed by atoms with van der Waals surface area (Å²) < 4.78 is 14.2. The SMILES string of the molecule is COc1ccc(Cn2ncc3c(I)c(C(C#N)O[Si](C)(C)C)c(C)nc32)cc1. The number of nitrogens with zero attached hydrogens (tertiary/aromatic N) is 4. The molecule has 0 saturated carbocycles. The lowest BCUT2D eigenvalue weighted by Crippen LogP contribution is -2.28. The lowest BCUT2D eigenvalue weighted by Gasteiger charge is -2.23. The maximum atomic E-state index is 9.69. The van der Waals surface area contributed by atoms with Crippen molar-refractivity contribution in [1.29, 1.82) is 5.26 Å². The first kappa shape index (κ1) is 20.8. The number of ether oxygens (including phenoxy) is 1. The molecule has 146 valence electrons. The van der Waals surface area contributed by atoms with Crippen LogP contribution < -0.4 is 4.74 Å². The Balaban J connectivity index is 2.00. The Morgan fingerprint density at radius 2 is 1.93 bits per heavy atom. The monoisotopic (exact) mass is 506 g/mol. The number of nitriles is 1. The second-order valence-electron chi connectivity index (χ2n) is 7.55. The Hall–Kier alpha value is -1.96. The highest BCUT2D eigenvalue weighted by atomic mass is 127. The molecule has 1 unspecified atom stereocenters. The maximum Gasteiger partial charge on any atom is 0.186 e. The zero-order valence-corrected chi connectivity index (χ0v) is 19.8. The molecule has 0 amide bonds. The minimum Gasteiger partial charge on any atom is -0.497 e. The molecule has 0 radical (unpaired) electrons. The van der Waals surface area contributed by atoms with Crippen LogP contribution in [0.3, 0.4) is 0 Å². The van der Waals surface area contributed by atoms with Crippen LogP contribution in [0.2, 0.25) is 19.6 Å². The standard InChI is InChI=1S/C20H23IN4O2Si/c1-13-18(17(10-22)27-28(3,4)5)19(21)16-11-23-25(20(16)24-13)12-14-6-8-15(26-2)9-7-14/h6-9,11,17H,12H2,1-5H3. The van der Waals surface area contributed by atoms with E-state index in [9.17, 15) is 5.26 Å². The Morgan fingerprint density at radius 1 is 1.25 bits per heavy atom. The fourth-order valence-electron chi connectivity index (χ4n) is 3.00. The largest absolute Gasteiger partial charge is 0.497 e. The lowest BCUT2D eigenvalue weighted by atomic mass is 10.1. The molecule has 0 bridgehead atoms. The van der Waals surface area contributed by atoms with Crippen LogP contribution in [0.4, 0.5) is 0 Å². The molecule has 0 saturated heterocycles. The van der Waals surface area contributed by atoms with Crippen molar-refractivity contribution in [3.05, 3.63) is 50.9 Å². The zero-order valence-electron chi connectivity index (χ0n) is 16.7. The van der Waals surface area contributed by atoms with Gasteiger partial charge in [0.15, 0.2) is 20.1 Å². The van der Waals surface area contributed by atoms with Crippen molar-refractivity contribution in [3.8, 4) is 11.8 Å². The zero-order chi connectivity index (χ0) is 20.5. The third-order valence-electron chi connectivity index (χ3n) is 4.29. The normalized spacial score (nSPS) is 12.8. The maximum absolute atomic E-state index is 9.69. The molecular formula is C20H23IN4O2Si. The molecule has 0 fully saturated rings. The third-order valence-corrected chi connectivity index (χ3v) is 6.40. The molecule has 0 N–H and O–H groups in total. The minimum atomic E-state index is -1.88. The number of methoxy groups -OCH3 is 1. The number of aryl methyl sites for hydroxylation is 1. The highest BCUT2D eigenvalue weighted by Crippen LogP contribution is 2.32. The summed E-state index contributed by atoms with van der Waals surface area (Å²) in [5.41, 5.74) is 3.58. The first-order chi connectivity index (χ1) is 13.2. The van der Waals surface area contributed by atoms with Gasteiger partial charge in [-0.25, -0.2) is 9.67 Å². The summed E-state index contributed by atoms with van der Waals surface area (Å²) in [5.74, 6) is 0.826. The van der Waals surface area contributed by atoms with Crippen LogP contribution >= 0.6 is 22.6 Å². The average Bonchev–Trinajstić information content (AvgIpc) is 3.03. The van der Waals surface area contributed by atoms with Gasteiger partial charge in [0, 0.05) is 14.8 Å². The van der Waals surface area contributed by atoms with Gasteiger partial charge in [-0.2, -0.15) is 10.4 Å². The molecule has 1 aromatic carbocycles. The van der Waals surface area contributed by atoms with Crippen LogP contribution in [0, 0.1) is 21.8 Å². The number of hydrogen-bond donors (Lipinski definition) is 0. The van der Waals surface area contributed by atoms with E-state index in [0.717, 1.165) is 37.2 Å². The van der Waals surface area contributed by atoms with Crippen LogP contribution in [0.15, 0.2) is 30.5 Å². The van der Waals surface area contributed by atoms with Crippen LogP contribution in [-0.2, 0) is 11.0 Å². The lowest BCUT2D eigenvalue weighted by molar-refractivity contribution is 0.253. The van der Waals surface area contributed by atoms with Crippen molar-refractivity contribution in [2.45, 2.75) is 39.2 Å². The van der Waals surface area contributed by atoms with E-state index in [1.807, 2.05) is 42.1 Å². The van der Waals surface area contributed by atoms with Gasteiger partial charge in [-0.1, -0.05) is 12.1 Å². The van der Waals surface area contributed by atoms with Crippen LogP contribution in [-0.4, -0.2) is 30.2 Å². The van der Waals surface area contributed by atoms with Gasteiger partial charge in [0.1, 0.15) is 5.75 Å². The van der Waals surface area contributed by atoms with Crippen LogP contribution in [0.25, 0.3) is 11.0 Å². The van der Waals surface area contributed by atoms with Gasteiger partial charge in [0.05, 0.1) is 31.3 Å². The first-order valence-corrected chi connectivity index (χ1v) is 13.4. The summed E-state index contributed by atoms with van der Waals surface area (Å²) in [6.45, 7) is 8.79. The number of fused-ring (bicyclic) bond motifs is 1. The number of halogens is 1. The molecule has 1 atom stereocenters. The van der Waals surface area contributed by atoms with Crippen LogP contribution in [0.1, 0.15) is 22.9 Å². The summed E-state index contributed by atoms with van der Waals surface area (Å²) >= 11 is 2.28. The summed E-state index contributed by atoms with van der Waals surface area (Å²) in [6, 6.07) is 10.2. The summed E-state index contributed by atoms with van der Waals surface area (Å²) in [5, 5.41) is 15.2. The first-order valence-electron chi connectivity index (χ1n) is 8.95. The number of hydrogen-bond acceptors (Lipinski definition) is 5. The van der Waals surface area contributed by atoms with E-state index in [0.29, 0.717) is 6.54 Å². The van der Waals surface area contributed by atoms with Gasteiger partial charge in [0.2, 0.25) is 0 Å². The highest BCUT2D eigenvalue weighted by molar-refractivity contribution is 14.1. The average molecular weight is 506 g/mol. The third kappa shape index (κ3) is 4.37. The molecule has 3 aromatic rings. The number of benzene rings is 1. The van der Waals surface area contributed by atoms with Crippen molar-refractivity contribution < 1.29 is 9.16 Å². The number of rotatable bonds is 6. The van der Waals surface area contributed by atoms with E-state index in [2.05, 4.69) is 53.4 Å². The number of aromatic nitrogens is 3. The molecule has 2 aromatic heterocycles. The Kier molecular flexibility index (Phi) is 6.07. The van der Waals surface area contributed by atoms with Gasteiger partial charge in [-0.3, -0.25) is 0 Å². The van der Waals surface area contributed by atoms with Gasteiger partial charge >= 0.3 is 0 Å². The molecule has 3 rings (SSSR count). The van der Waals surface area contributed by atoms with Gasteiger partial charge in [0.25, 0.3) is 0 Å². The number of pyridine rings is 1. The Bertz CT molecular complexity index is 1040. The molecule has 28 heavy (non-hydrogen) atoms. The topological polar surface area (TPSA) is 73.0 Å².